The molecular formula is C27H27N3O4. The van der Waals surface area contributed by atoms with E-state index in [4.69, 9.17) is 4.74 Å². The van der Waals surface area contributed by atoms with Crippen LogP contribution in [0.25, 0.3) is 5.69 Å². The van der Waals surface area contributed by atoms with Crippen LogP contribution < -0.4 is 0 Å². The van der Waals surface area contributed by atoms with Crippen molar-refractivity contribution in [1.82, 2.24) is 14.5 Å². The van der Waals surface area contributed by atoms with E-state index >= 15 is 0 Å². The van der Waals surface area contributed by atoms with E-state index in [9.17, 15) is 14.4 Å². The summed E-state index contributed by atoms with van der Waals surface area (Å²) in [6, 6.07) is 16.7. The molecule has 2 atom stereocenters. The number of imidazole rings is 1. The molecule has 0 bridgehead atoms. The number of para-hydroxylation sites is 1. The smallest absolute Gasteiger partial charge is 0.318 e. The Morgan fingerprint density at radius 3 is 2.29 bits per heavy atom. The third-order valence-electron chi connectivity index (χ3n) is 7.01. The van der Waals surface area contributed by atoms with Gasteiger partial charge in [0.25, 0.3) is 11.8 Å². The summed E-state index contributed by atoms with van der Waals surface area (Å²) in [7, 11) is 1.40. The Morgan fingerprint density at radius 1 is 1.06 bits per heavy atom. The maximum absolute atomic E-state index is 12.9. The van der Waals surface area contributed by atoms with Crippen molar-refractivity contribution in [2.75, 3.05) is 13.7 Å². The van der Waals surface area contributed by atoms with Crippen molar-refractivity contribution in [1.29, 1.82) is 0 Å². The van der Waals surface area contributed by atoms with Crippen molar-refractivity contribution in [3.8, 4) is 5.69 Å². The fourth-order valence-electron chi connectivity index (χ4n) is 5.26. The van der Waals surface area contributed by atoms with E-state index in [1.54, 1.807) is 30.6 Å². The van der Waals surface area contributed by atoms with E-state index < -0.39 is 10.8 Å². The highest BCUT2D eigenvalue weighted by Gasteiger charge is 2.64. The number of benzene rings is 2. The average molecular weight is 458 g/mol. The molecule has 2 heterocycles. The van der Waals surface area contributed by atoms with Gasteiger partial charge < -0.3 is 9.30 Å². The quantitative estimate of drug-likeness (QED) is 0.395. The Balaban J connectivity index is 1.35. The summed E-state index contributed by atoms with van der Waals surface area (Å²) >= 11 is 0. The van der Waals surface area contributed by atoms with Crippen LogP contribution in [0.3, 0.4) is 0 Å². The van der Waals surface area contributed by atoms with Crippen molar-refractivity contribution in [3.05, 3.63) is 83.9 Å². The molecule has 1 aliphatic heterocycles. The number of esters is 1. The highest BCUT2D eigenvalue weighted by atomic mass is 16.5. The highest BCUT2D eigenvalue weighted by Crippen LogP contribution is 2.59. The number of imide groups is 1. The largest absolute Gasteiger partial charge is 0.468 e. The van der Waals surface area contributed by atoms with Crippen LogP contribution in [-0.2, 0) is 14.9 Å². The molecule has 3 aromatic rings. The molecule has 0 N–H and O–H groups in total. The number of nitrogens with zero attached hydrogens (tertiary/aromatic N) is 3. The number of rotatable bonds is 7. The van der Waals surface area contributed by atoms with Gasteiger partial charge in [-0.1, -0.05) is 44.2 Å². The molecule has 2 amide bonds. The molecule has 1 aromatic heterocycles. The lowest BCUT2D eigenvalue weighted by molar-refractivity contribution is -0.144. The zero-order valence-corrected chi connectivity index (χ0v) is 19.5. The van der Waals surface area contributed by atoms with Crippen molar-refractivity contribution in [3.63, 3.8) is 0 Å². The number of amides is 2. The maximum atomic E-state index is 12.9. The van der Waals surface area contributed by atoms with E-state index in [0.29, 0.717) is 29.7 Å². The summed E-state index contributed by atoms with van der Waals surface area (Å²) in [6.07, 6.45) is 4.88. The van der Waals surface area contributed by atoms with Crippen LogP contribution >= 0.6 is 0 Å². The molecule has 0 radical (unpaired) electrons. The summed E-state index contributed by atoms with van der Waals surface area (Å²) in [5.41, 5.74) is 1.34. The number of fused-ring (bicyclic) bond motifs is 1. The molecule has 5 rings (SSSR count). The van der Waals surface area contributed by atoms with Gasteiger partial charge >= 0.3 is 5.97 Å². The molecule has 1 saturated carbocycles. The van der Waals surface area contributed by atoms with E-state index in [-0.39, 0.29) is 30.2 Å². The summed E-state index contributed by atoms with van der Waals surface area (Å²) in [4.78, 5) is 44.5. The molecule has 0 saturated heterocycles. The van der Waals surface area contributed by atoms with E-state index in [1.807, 2.05) is 54.9 Å². The Hall–Kier alpha value is -3.74. The van der Waals surface area contributed by atoms with Crippen LogP contribution in [0.5, 0.6) is 0 Å². The Labute approximate surface area is 198 Å². The fraction of sp³-hybridized carbons (Fsp3) is 0.333. The normalized spacial score (nSPS) is 21.5. The van der Waals surface area contributed by atoms with Gasteiger partial charge in [0, 0.05) is 18.4 Å². The third-order valence-corrected chi connectivity index (χ3v) is 7.01. The minimum atomic E-state index is -0.811. The molecule has 7 heteroatoms. The first-order valence-electron chi connectivity index (χ1n) is 11.4. The van der Waals surface area contributed by atoms with Crippen LogP contribution in [0.4, 0.5) is 0 Å². The van der Waals surface area contributed by atoms with Crippen molar-refractivity contribution < 1.29 is 19.1 Å². The second-order valence-corrected chi connectivity index (χ2v) is 9.98. The molecule has 1 fully saturated rings. The Bertz CT molecular complexity index is 1240. The van der Waals surface area contributed by atoms with Gasteiger partial charge in [0.2, 0.25) is 0 Å². The first kappa shape index (κ1) is 22.1. The molecule has 2 aliphatic rings. The fourth-order valence-corrected chi connectivity index (χ4v) is 5.26. The van der Waals surface area contributed by atoms with Crippen LogP contribution in [0, 0.1) is 11.3 Å². The molecule has 1 aliphatic carbocycles. The number of carbonyl (C=O) groups is 3. The molecule has 0 spiro atoms. The minimum Gasteiger partial charge on any atom is -0.468 e. The summed E-state index contributed by atoms with van der Waals surface area (Å²) in [6.45, 7) is 4.34. The lowest BCUT2D eigenvalue weighted by atomic mass is 9.83. The molecule has 2 aromatic carbocycles. The SMILES string of the molecule is COC(=O)C1(c2cn(-c3ccccc3)cn2)CC1CC(C)(C)CN1C(=O)c2ccccc2C1=O. The second-order valence-electron chi connectivity index (χ2n) is 9.98. The van der Waals surface area contributed by atoms with Crippen molar-refractivity contribution in [2.45, 2.75) is 32.1 Å². The van der Waals surface area contributed by atoms with Crippen molar-refractivity contribution in [2.24, 2.45) is 11.3 Å². The summed E-state index contributed by atoms with van der Waals surface area (Å²) in [5, 5.41) is 0. The summed E-state index contributed by atoms with van der Waals surface area (Å²) < 4.78 is 7.10. The van der Waals surface area contributed by atoms with E-state index in [2.05, 4.69) is 4.98 Å². The first-order chi connectivity index (χ1) is 16.3. The Morgan fingerprint density at radius 2 is 1.68 bits per heavy atom. The number of aromatic nitrogens is 2. The molecular weight excluding hydrogens is 430 g/mol. The number of carbonyl (C=O) groups excluding carboxylic acids is 3. The van der Waals surface area contributed by atoms with Gasteiger partial charge in [0.1, 0.15) is 5.41 Å². The van der Waals surface area contributed by atoms with Gasteiger partial charge in [-0.25, -0.2) is 4.98 Å². The molecule has 7 nitrogen and oxygen atoms in total. The maximum Gasteiger partial charge on any atom is 0.318 e. The molecule has 34 heavy (non-hydrogen) atoms. The van der Waals surface area contributed by atoms with Gasteiger partial charge in [0.05, 0.1) is 30.3 Å². The zero-order chi connectivity index (χ0) is 24.1. The van der Waals surface area contributed by atoms with Crippen LogP contribution in [-0.4, -0.2) is 45.9 Å². The van der Waals surface area contributed by atoms with Gasteiger partial charge in [-0.2, -0.15) is 0 Å². The molecule has 174 valence electrons. The lowest BCUT2D eigenvalue weighted by Gasteiger charge is -2.30. The van der Waals surface area contributed by atoms with Crippen LogP contribution in [0.1, 0.15) is 53.1 Å². The van der Waals surface area contributed by atoms with Gasteiger partial charge in [-0.15, -0.1) is 0 Å². The van der Waals surface area contributed by atoms with Crippen molar-refractivity contribution >= 4 is 17.8 Å². The third kappa shape index (κ3) is 3.52. The van der Waals surface area contributed by atoms with Gasteiger partial charge in [-0.05, 0) is 48.4 Å². The lowest BCUT2D eigenvalue weighted by Crippen LogP contribution is -2.39. The average Bonchev–Trinajstić information content (AvgIpc) is 3.22. The number of methoxy groups -OCH3 is 1. The second kappa shape index (κ2) is 7.94. The standard InChI is InChI=1S/C27H27N3O4/c1-26(2,16-30-23(31)20-11-7-8-12-21(20)24(30)32)13-18-14-27(18,25(33)34-3)22-15-29(17-28-22)19-9-5-4-6-10-19/h4-12,15,17-18H,13-14,16H2,1-3H3. The molecule has 2 unspecified atom stereocenters. The van der Waals surface area contributed by atoms with E-state index in [0.717, 1.165) is 5.69 Å². The number of hydrogen-bond acceptors (Lipinski definition) is 5. The monoisotopic (exact) mass is 457 g/mol. The minimum absolute atomic E-state index is 0.00394. The number of hydrogen-bond donors (Lipinski definition) is 0. The summed E-state index contributed by atoms with van der Waals surface area (Å²) in [5.74, 6) is -0.813. The van der Waals surface area contributed by atoms with Gasteiger partial charge in [-0.3, -0.25) is 19.3 Å². The van der Waals surface area contributed by atoms with Crippen LogP contribution in [0.15, 0.2) is 67.1 Å². The Kier molecular flexibility index (Phi) is 5.15. The van der Waals surface area contributed by atoms with Crippen LogP contribution in [0.2, 0.25) is 0 Å². The van der Waals surface area contributed by atoms with E-state index in [1.165, 1.54) is 12.0 Å². The zero-order valence-electron chi connectivity index (χ0n) is 19.5. The van der Waals surface area contributed by atoms with Gasteiger partial charge in [0.15, 0.2) is 0 Å². The number of ether oxygens (including phenoxy) is 1. The highest BCUT2D eigenvalue weighted by molar-refractivity contribution is 6.21. The first-order valence-corrected chi connectivity index (χ1v) is 11.4. The predicted octanol–water partition coefficient (Wildman–Crippen LogP) is 4.02. The topological polar surface area (TPSA) is 81.5 Å². The predicted molar refractivity (Wildman–Crippen MR) is 126 cm³/mol.